The van der Waals surface area contributed by atoms with Crippen LogP contribution in [0.3, 0.4) is 0 Å². The number of amides is 4. The van der Waals surface area contributed by atoms with Gasteiger partial charge >= 0.3 is 6.03 Å². The molecule has 1 atom stereocenters. The van der Waals surface area contributed by atoms with Gasteiger partial charge in [0.2, 0.25) is 11.8 Å². The van der Waals surface area contributed by atoms with E-state index in [1.807, 2.05) is 0 Å². The zero-order chi connectivity index (χ0) is 18.5. The minimum Gasteiger partial charge on any atom is -0.467 e. The van der Waals surface area contributed by atoms with Crippen molar-refractivity contribution < 1.29 is 23.2 Å². The Hall–Kier alpha value is -3.16. The maximum Gasteiger partial charge on any atom is 0.324 e. The van der Waals surface area contributed by atoms with Crippen molar-refractivity contribution in [2.75, 3.05) is 6.54 Å². The molecule has 2 aromatic rings. The molecule has 1 aliphatic rings. The molecule has 0 spiro atoms. The summed E-state index contributed by atoms with van der Waals surface area (Å²) in [6.07, 6.45) is 1.57. The van der Waals surface area contributed by atoms with Crippen LogP contribution in [-0.4, -0.2) is 29.3 Å². The first-order valence-corrected chi connectivity index (χ1v) is 8.18. The molecule has 136 valence electrons. The average Bonchev–Trinajstić information content (AvgIpc) is 3.13. The molecular formula is C18H18FN3O4. The van der Waals surface area contributed by atoms with Crippen LogP contribution < -0.4 is 10.6 Å². The van der Waals surface area contributed by atoms with Gasteiger partial charge in [0, 0.05) is 13.0 Å². The van der Waals surface area contributed by atoms with Gasteiger partial charge in [-0.1, -0.05) is 12.1 Å². The molecule has 2 heterocycles. The molecule has 7 nitrogen and oxygen atoms in total. The van der Waals surface area contributed by atoms with Crippen molar-refractivity contribution in [1.29, 1.82) is 0 Å². The lowest BCUT2D eigenvalue weighted by Gasteiger charge is -2.31. The van der Waals surface area contributed by atoms with Gasteiger partial charge in [-0.3, -0.25) is 14.5 Å². The molecule has 4 amide bonds. The Morgan fingerprint density at radius 1 is 1.27 bits per heavy atom. The van der Waals surface area contributed by atoms with Crippen molar-refractivity contribution in [1.82, 2.24) is 15.5 Å². The summed E-state index contributed by atoms with van der Waals surface area (Å²) in [4.78, 5) is 37.3. The monoisotopic (exact) mass is 359 g/mol. The highest BCUT2D eigenvalue weighted by molar-refractivity contribution is 5.97. The Labute approximate surface area is 149 Å². The first-order chi connectivity index (χ1) is 12.5. The lowest BCUT2D eigenvalue weighted by molar-refractivity contribution is -0.130. The van der Waals surface area contributed by atoms with Gasteiger partial charge in [0.15, 0.2) is 0 Å². The molecule has 2 N–H and O–H groups in total. The fourth-order valence-corrected chi connectivity index (χ4v) is 2.70. The molecule has 1 aromatic carbocycles. The fraction of sp³-hybridized carbons (Fsp3) is 0.278. The van der Waals surface area contributed by atoms with Crippen LogP contribution in [0, 0.1) is 5.82 Å². The van der Waals surface area contributed by atoms with Gasteiger partial charge in [0.1, 0.15) is 11.6 Å². The summed E-state index contributed by atoms with van der Waals surface area (Å²) in [5, 5.41) is 5.36. The predicted molar refractivity (Wildman–Crippen MR) is 89.2 cm³/mol. The number of carbonyl (C=O) groups excluding carboxylic acids is 3. The maximum atomic E-state index is 13.0. The number of furan rings is 1. The second-order valence-electron chi connectivity index (χ2n) is 5.91. The van der Waals surface area contributed by atoms with Crippen molar-refractivity contribution in [2.24, 2.45) is 0 Å². The van der Waals surface area contributed by atoms with Crippen molar-refractivity contribution in [3.8, 4) is 0 Å². The van der Waals surface area contributed by atoms with Crippen LogP contribution in [0.15, 0.2) is 47.1 Å². The summed E-state index contributed by atoms with van der Waals surface area (Å²) in [6.45, 7) is 0.239. The van der Waals surface area contributed by atoms with Crippen molar-refractivity contribution >= 4 is 17.8 Å². The van der Waals surface area contributed by atoms with Crippen LogP contribution in [0.1, 0.15) is 30.2 Å². The summed E-state index contributed by atoms with van der Waals surface area (Å²) in [5.41, 5.74) is 0.656. The summed E-state index contributed by atoms with van der Waals surface area (Å²) < 4.78 is 18.1. The fourth-order valence-electron chi connectivity index (χ4n) is 2.70. The molecular weight excluding hydrogens is 341 g/mol. The van der Waals surface area contributed by atoms with E-state index in [1.165, 1.54) is 30.5 Å². The highest BCUT2D eigenvalue weighted by Gasteiger charge is 2.32. The van der Waals surface area contributed by atoms with Gasteiger partial charge in [-0.25, -0.2) is 9.18 Å². The molecule has 0 aliphatic carbocycles. The van der Waals surface area contributed by atoms with Crippen LogP contribution in [-0.2, 0) is 16.1 Å². The molecule has 3 rings (SSSR count). The van der Waals surface area contributed by atoms with Crippen molar-refractivity contribution in [3.05, 3.63) is 59.8 Å². The van der Waals surface area contributed by atoms with E-state index in [0.717, 1.165) is 4.90 Å². The van der Waals surface area contributed by atoms with Gasteiger partial charge in [-0.15, -0.1) is 0 Å². The van der Waals surface area contributed by atoms with Crippen LogP contribution in [0.25, 0.3) is 0 Å². The summed E-state index contributed by atoms with van der Waals surface area (Å²) >= 11 is 0. The normalized spacial score (nSPS) is 17.1. The Bertz CT molecular complexity index is 771. The first-order valence-electron chi connectivity index (χ1n) is 8.18. The Balaban J connectivity index is 1.50. The minimum atomic E-state index is -0.561. The largest absolute Gasteiger partial charge is 0.467 e. The zero-order valence-corrected chi connectivity index (χ0v) is 13.9. The van der Waals surface area contributed by atoms with E-state index in [0.29, 0.717) is 11.3 Å². The number of nitrogens with one attached hydrogen (secondary N) is 2. The maximum absolute atomic E-state index is 13.0. The van der Waals surface area contributed by atoms with Crippen LogP contribution >= 0.6 is 0 Å². The summed E-state index contributed by atoms with van der Waals surface area (Å²) in [7, 11) is 0. The molecule has 0 radical (unpaired) electrons. The van der Waals surface area contributed by atoms with Crippen LogP contribution in [0.4, 0.5) is 9.18 Å². The quantitative estimate of drug-likeness (QED) is 0.826. The number of hydrogen-bond donors (Lipinski definition) is 2. The third kappa shape index (κ3) is 4.27. The van der Waals surface area contributed by atoms with Gasteiger partial charge in [0.05, 0.1) is 25.3 Å². The number of carbonyl (C=O) groups is 3. The SMILES string of the molecule is O=C(CCN1C(=O)CC(c2ccc(F)cc2)NC1=O)NCc1ccco1. The summed E-state index contributed by atoms with van der Waals surface area (Å²) in [5.74, 6) is -0.429. The Kier molecular flexibility index (Phi) is 5.31. The highest BCUT2D eigenvalue weighted by Crippen LogP contribution is 2.22. The average molecular weight is 359 g/mol. The molecule has 1 fully saturated rings. The number of nitrogens with zero attached hydrogens (tertiary/aromatic N) is 1. The lowest BCUT2D eigenvalue weighted by Crippen LogP contribution is -2.52. The summed E-state index contributed by atoms with van der Waals surface area (Å²) in [6, 6.07) is 8.02. The van der Waals surface area contributed by atoms with E-state index in [2.05, 4.69) is 10.6 Å². The number of rotatable bonds is 6. The van der Waals surface area contributed by atoms with Gasteiger partial charge in [-0.2, -0.15) is 0 Å². The van der Waals surface area contributed by atoms with Gasteiger partial charge in [0.25, 0.3) is 0 Å². The number of urea groups is 1. The van der Waals surface area contributed by atoms with E-state index >= 15 is 0 Å². The van der Waals surface area contributed by atoms with E-state index in [4.69, 9.17) is 4.42 Å². The molecule has 1 aromatic heterocycles. The van der Waals surface area contributed by atoms with E-state index in [9.17, 15) is 18.8 Å². The zero-order valence-electron chi connectivity index (χ0n) is 13.9. The van der Waals surface area contributed by atoms with Crippen molar-refractivity contribution in [3.63, 3.8) is 0 Å². The highest BCUT2D eigenvalue weighted by atomic mass is 19.1. The van der Waals surface area contributed by atoms with E-state index in [-0.39, 0.29) is 43.6 Å². The smallest absolute Gasteiger partial charge is 0.324 e. The number of hydrogen-bond acceptors (Lipinski definition) is 4. The lowest BCUT2D eigenvalue weighted by atomic mass is 10.0. The third-order valence-electron chi connectivity index (χ3n) is 4.10. The Morgan fingerprint density at radius 3 is 2.69 bits per heavy atom. The van der Waals surface area contributed by atoms with Crippen LogP contribution in [0.5, 0.6) is 0 Å². The predicted octanol–water partition coefficient (Wildman–Crippen LogP) is 2.11. The number of imide groups is 1. The second kappa shape index (κ2) is 7.81. The second-order valence-corrected chi connectivity index (χ2v) is 5.91. The molecule has 0 saturated carbocycles. The molecule has 1 aliphatic heterocycles. The van der Waals surface area contributed by atoms with Gasteiger partial charge in [-0.05, 0) is 29.8 Å². The first kappa shape index (κ1) is 17.7. The molecule has 8 heteroatoms. The van der Waals surface area contributed by atoms with Gasteiger partial charge < -0.3 is 15.1 Å². The Morgan fingerprint density at radius 2 is 2.04 bits per heavy atom. The van der Waals surface area contributed by atoms with Crippen molar-refractivity contribution in [2.45, 2.75) is 25.4 Å². The molecule has 26 heavy (non-hydrogen) atoms. The van der Waals surface area contributed by atoms with E-state index < -0.39 is 12.1 Å². The minimum absolute atomic E-state index is 0.00107. The standard InChI is InChI=1S/C18H18FN3O4/c19-13-5-3-12(4-6-13)15-10-17(24)22(18(25)21-15)8-7-16(23)20-11-14-2-1-9-26-14/h1-6,9,15H,7-8,10-11H2,(H,20,23)(H,21,25). The van der Waals surface area contributed by atoms with E-state index in [1.54, 1.807) is 12.1 Å². The van der Waals surface area contributed by atoms with Crippen LogP contribution in [0.2, 0.25) is 0 Å². The molecule has 0 bridgehead atoms. The third-order valence-corrected chi connectivity index (χ3v) is 4.10. The molecule has 1 unspecified atom stereocenters. The number of benzene rings is 1. The number of halogens is 1. The topological polar surface area (TPSA) is 91.7 Å². The molecule has 1 saturated heterocycles.